The van der Waals surface area contributed by atoms with Gasteiger partial charge in [-0.3, -0.25) is 9.69 Å². The molecule has 0 spiro atoms. The van der Waals surface area contributed by atoms with Gasteiger partial charge in [-0.2, -0.15) is 0 Å². The smallest absolute Gasteiger partial charge is 0.234 e. The normalized spacial score (nSPS) is 12.5. The van der Waals surface area contributed by atoms with Crippen molar-refractivity contribution in [3.63, 3.8) is 0 Å². The maximum absolute atomic E-state index is 11.6. The van der Waals surface area contributed by atoms with E-state index >= 15 is 0 Å². The van der Waals surface area contributed by atoms with Crippen molar-refractivity contribution in [2.75, 3.05) is 20.1 Å². The molecule has 0 radical (unpaired) electrons. The molecule has 21 heavy (non-hydrogen) atoms. The van der Waals surface area contributed by atoms with Gasteiger partial charge in [-0.1, -0.05) is 36.5 Å². The van der Waals surface area contributed by atoms with Crippen LogP contribution in [-0.4, -0.2) is 47.1 Å². The van der Waals surface area contributed by atoms with E-state index in [2.05, 4.69) is 5.32 Å². The summed E-state index contributed by atoms with van der Waals surface area (Å²) < 4.78 is 0. The Labute approximate surface area is 131 Å². The van der Waals surface area contributed by atoms with Crippen molar-refractivity contribution in [3.8, 4) is 0 Å². The van der Waals surface area contributed by atoms with Gasteiger partial charge < -0.3 is 16.2 Å². The molecule has 0 fully saturated rings. The monoisotopic (exact) mass is 309 g/mol. The van der Waals surface area contributed by atoms with Crippen molar-refractivity contribution in [1.82, 2.24) is 10.2 Å². The van der Waals surface area contributed by atoms with Crippen LogP contribution >= 0.6 is 12.2 Å². The highest BCUT2D eigenvalue weighted by Crippen LogP contribution is 2.14. The third-order valence-electron chi connectivity index (χ3n) is 2.93. The molecule has 1 aromatic carbocycles. The van der Waals surface area contributed by atoms with Crippen LogP contribution in [0.1, 0.15) is 31.1 Å². The molecule has 116 valence electrons. The number of rotatable bonds is 7. The first-order valence-corrected chi connectivity index (χ1v) is 7.26. The first-order valence-electron chi connectivity index (χ1n) is 6.85. The van der Waals surface area contributed by atoms with Gasteiger partial charge in [0.1, 0.15) is 4.99 Å². The second kappa shape index (κ2) is 8.07. The molecule has 0 heterocycles. The summed E-state index contributed by atoms with van der Waals surface area (Å²) in [4.78, 5) is 13.8. The highest BCUT2D eigenvalue weighted by molar-refractivity contribution is 7.80. The van der Waals surface area contributed by atoms with E-state index in [-0.39, 0.29) is 18.5 Å². The lowest BCUT2D eigenvalue weighted by molar-refractivity contribution is -0.122. The molecule has 4 N–H and O–H groups in total. The number of aliphatic hydroxyl groups excluding tert-OH is 1. The van der Waals surface area contributed by atoms with Crippen molar-refractivity contribution < 1.29 is 9.90 Å². The van der Waals surface area contributed by atoms with Crippen molar-refractivity contribution in [3.05, 3.63) is 35.4 Å². The number of benzene rings is 1. The van der Waals surface area contributed by atoms with E-state index in [1.54, 1.807) is 36.2 Å². The standard InChI is InChI=1S/C15H23N3O2S/c1-10(2)17-14(20)9-18(3)8-13(19)11-4-6-12(7-5-11)15(16)21/h4-7,10,13,19H,8-9H2,1-3H3,(H2,16,21)(H,17,20). The zero-order chi connectivity index (χ0) is 16.0. The molecule has 0 saturated heterocycles. The summed E-state index contributed by atoms with van der Waals surface area (Å²) in [6.07, 6.45) is -0.665. The third kappa shape index (κ3) is 6.20. The predicted octanol–water partition coefficient (Wildman–Crippen LogP) is 0.811. The van der Waals surface area contributed by atoms with Crippen LogP contribution in [0.15, 0.2) is 24.3 Å². The quantitative estimate of drug-likeness (QED) is 0.650. The van der Waals surface area contributed by atoms with Crippen molar-refractivity contribution in [1.29, 1.82) is 0 Å². The van der Waals surface area contributed by atoms with Gasteiger partial charge in [0.25, 0.3) is 0 Å². The molecule has 0 aliphatic rings. The molecule has 0 bridgehead atoms. The summed E-state index contributed by atoms with van der Waals surface area (Å²) in [6.45, 7) is 4.45. The van der Waals surface area contributed by atoms with Crippen molar-refractivity contribution in [2.24, 2.45) is 5.73 Å². The summed E-state index contributed by atoms with van der Waals surface area (Å²) in [5.74, 6) is -0.0523. The Bertz CT molecular complexity index is 488. The average molecular weight is 309 g/mol. The number of likely N-dealkylation sites (N-methyl/N-ethyl adjacent to an activating group) is 1. The largest absolute Gasteiger partial charge is 0.389 e. The minimum absolute atomic E-state index is 0.0523. The molecule has 0 saturated carbocycles. The zero-order valence-electron chi connectivity index (χ0n) is 12.7. The van der Waals surface area contributed by atoms with Gasteiger partial charge >= 0.3 is 0 Å². The zero-order valence-corrected chi connectivity index (χ0v) is 13.5. The maximum Gasteiger partial charge on any atom is 0.234 e. The highest BCUT2D eigenvalue weighted by atomic mass is 32.1. The molecule has 1 aromatic rings. The lowest BCUT2D eigenvalue weighted by Gasteiger charge is -2.21. The van der Waals surface area contributed by atoms with Crippen LogP contribution in [0, 0.1) is 0 Å². The fourth-order valence-corrected chi connectivity index (χ4v) is 2.08. The number of thiocarbonyl (C=S) groups is 1. The van der Waals surface area contributed by atoms with Crippen molar-refractivity contribution in [2.45, 2.75) is 26.0 Å². The molecule has 1 rings (SSSR count). The first kappa shape index (κ1) is 17.6. The topological polar surface area (TPSA) is 78.6 Å². The molecular weight excluding hydrogens is 286 g/mol. The number of hydrogen-bond donors (Lipinski definition) is 3. The van der Waals surface area contributed by atoms with Gasteiger partial charge in [-0.05, 0) is 26.5 Å². The molecule has 6 heteroatoms. The first-order chi connectivity index (χ1) is 9.79. The summed E-state index contributed by atoms with van der Waals surface area (Å²) in [5, 5.41) is 13.0. The Morgan fingerprint density at radius 3 is 2.43 bits per heavy atom. The van der Waals surface area contributed by atoms with Crippen LogP contribution in [0.4, 0.5) is 0 Å². The summed E-state index contributed by atoms with van der Waals surface area (Å²) in [7, 11) is 1.80. The lowest BCUT2D eigenvalue weighted by Crippen LogP contribution is -2.39. The number of aliphatic hydroxyl groups is 1. The van der Waals surface area contributed by atoms with Crippen LogP contribution in [0.2, 0.25) is 0 Å². The maximum atomic E-state index is 11.6. The Morgan fingerprint density at radius 2 is 1.95 bits per heavy atom. The van der Waals surface area contributed by atoms with Gasteiger partial charge in [-0.15, -0.1) is 0 Å². The van der Waals surface area contributed by atoms with E-state index in [4.69, 9.17) is 18.0 Å². The predicted molar refractivity (Wildman–Crippen MR) is 88.1 cm³/mol. The molecule has 0 aliphatic heterocycles. The van der Waals surface area contributed by atoms with Gasteiger partial charge in [0, 0.05) is 18.2 Å². The van der Waals surface area contributed by atoms with Crippen LogP contribution in [-0.2, 0) is 4.79 Å². The fourth-order valence-electron chi connectivity index (χ4n) is 1.95. The number of carbonyl (C=O) groups is 1. The fraction of sp³-hybridized carbons (Fsp3) is 0.467. The van der Waals surface area contributed by atoms with Crippen LogP contribution in [0.25, 0.3) is 0 Å². The van der Waals surface area contributed by atoms with Crippen molar-refractivity contribution >= 4 is 23.1 Å². The van der Waals surface area contributed by atoms with E-state index < -0.39 is 6.10 Å². The molecule has 1 unspecified atom stereocenters. The second-order valence-electron chi connectivity index (χ2n) is 5.42. The van der Waals surface area contributed by atoms with Crippen LogP contribution in [0.3, 0.4) is 0 Å². The Hall–Kier alpha value is -1.50. The lowest BCUT2D eigenvalue weighted by atomic mass is 10.1. The third-order valence-corrected chi connectivity index (χ3v) is 3.16. The Balaban J connectivity index is 2.53. The second-order valence-corrected chi connectivity index (χ2v) is 5.86. The number of nitrogens with zero attached hydrogens (tertiary/aromatic N) is 1. The number of amides is 1. The molecule has 0 aromatic heterocycles. The SMILES string of the molecule is CC(C)NC(=O)CN(C)CC(O)c1ccc(C(N)=S)cc1. The summed E-state index contributed by atoms with van der Waals surface area (Å²) in [5.41, 5.74) is 7.07. The van der Waals surface area contributed by atoms with E-state index in [1.165, 1.54) is 0 Å². The highest BCUT2D eigenvalue weighted by Gasteiger charge is 2.14. The minimum atomic E-state index is -0.665. The molecule has 0 aliphatic carbocycles. The average Bonchev–Trinajstić information content (AvgIpc) is 2.37. The van der Waals surface area contributed by atoms with E-state index in [0.29, 0.717) is 11.5 Å². The van der Waals surface area contributed by atoms with Gasteiger partial charge in [0.2, 0.25) is 5.91 Å². The van der Waals surface area contributed by atoms with E-state index in [0.717, 1.165) is 11.1 Å². The van der Waals surface area contributed by atoms with E-state index in [1.807, 2.05) is 13.8 Å². The van der Waals surface area contributed by atoms with Gasteiger partial charge in [0.15, 0.2) is 0 Å². The number of nitrogens with one attached hydrogen (secondary N) is 1. The molecule has 1 amide bonds. The molecule has 5 nitrogen and oxygen atoms in total. The van der Waals surface area contributed by atoms with E-state index in [9.17, 15) is 9.90 Å². The number of hydrogen-bond acceptors (Lipinski definition) is 4. The summed E-state index contributed by atoms with van der Waals surface area (Å²) in [6, 6.07) is 7.27. The molecule has 1 atom stereocenters. The van der Waals surface area contributed by atoms with Crippen LogP contribution < -0.4 is 11.1 Å². The minimum Gasteiger partial charge on any atom is -0.389 e. The Morgan fingerprint density at radius 1 is 1.38 bits per heavy atom. The van der Waals surface area contributed by atoms with Gasteiger partial charge in [-0.25, -0.2) is 0 Å². The summed E-state index contributed by atoms with van der Waals surface area (Å²) >= 11 is 4.89. The van der Waals surface area contributed by atoms with Gasteiger partial charge in [0.05, 0.1) is 12.6 Å². The molecular formula is C15H23N3O2S. The Kier molecular flexibility index (Phi) is 6.74. The number of carbonyl (C=O) groups excluding carboxylic acids is 1. The van der Waals surface area contributed by atoms with Crippen LogP contribution in [0.5, 0.6) is 0 Å². The number of nitrogens with two attached hydrogens (primary N) is 1.